The van der Waals surface area contributed by atoms with Gasteiger partial charge >= 0.3 is 0 Å². The fourth-order valence-corrected chi connectivity index (χ4v) is 4.10. The van der Waals surface area contributed by atoms with Crippen LogP contribution in [-0.4, -0.2) is 59.2 Å². The first-order chi connectivity index (χ1) is 12.3. The highest BCUT2D eigenvalue weighted by atomic mass is 16.5. The van der Waals surface area contributed by atoms with Crippen LogP contribution < -0.4 is 14.4 Å². The Hall–Kier alpha value is -2.41. The lowest BCUT2D eigenvalue weighted by molar-refractivity contribution is 0.241. The molecule has 7 nitrogen and oxygen atoms in total. The lowest BCUT2D eigenvalue weighted by Gasteiger charge is -2.26. The van der Waals surface area contributed by atoms with Gasteiger partial charge in [-0.1, -0.05) is 6.07 Å². The van der Waals surface area contributed by atoms with Crippen LogP contribution in [0.1, 0.15) is 18.4 Å². The molecular weight excluding hydrogens is 318 g/mol. The van der Waals surface area contributed by atoms with Gasteiger partial charge in [0.1, 0.15) is 12.1 Å². The zero-order chi connectivity index (χ0) is 17.2. The molecular formula is C18H23N5O2. The normalized spacial score (nSPS) is 22.9. The van der Waals surface area contributed by atoms with Crippen LogP contribution >= 0.6 is 0 Å². The molecule has 4 heterocycles. The van der Waals surface area contributed by atoms with Crippen molar-refractivity contribution in [2.45, 2.75) is 31.5 Å². The van der Waals surface area contributed by atoms with Crippen LogP contribution in [0, 0.1) is 0 Å². The summed E-state index contributed by atoms with van der Waals surface area (Å²) in [6.07, 6.45) is 5.63. The van der Waals surface area contributed by atoms with Gasteiger partial charge in [-0.15, -0.1) is 0 Å². The largest absolute Gasteiger partial charge is 0.481 e. The van der Waals surface area contributed by atoms with Gasteiger partial charge in [-0.25, -0.2) is 15.0 Å². The van der Waals surface area contributed by atoms with Crippen molar-refractivity contribution in [1.29, 1.82) is 0 Å². The molecule has 0 saturated carbocycles. The van der Waals surface area contributed by atoms with Crippen molar-refractivity contribution in [3.8, 4) is 11.8 Å². The number of nitrogens with zero attached hydrogens (tertiary/aromatic N) is 5. The van der Waals surface area contributed by atoms with Crippen LogP contribution in [0.4, 0.5) is 5.82 Å². The second-order valence-corrected chi connectivity index (χ2v) is 6.47. The first-order valence-corrected chi connectivity index (χ1v) is 8.64. The number of aromatic nitrogens is 3. The molecule has 0 amide bonds. The Balaban J connectivity index is 1.50. The Kier molecular flexibility index (Phi) is 4.40. The van der Waals surface area contributed by atoms with Gasteiger partial charge in [-0.05, 0) is 18.9 Å². The molecule has 0 bridgehead atoms. The van der Waals surface area contributed by atoms with Gasteiger partial charge in [0.25, 0.3) is 0 Å². The quantitative estimate of drug-likeness (QED) is 0.821. The second kappa shape index (κ2) is 6.84. The molecule has 2 aromatic heterocycles. The number of fused-ring (bicyclic) bond motifs is 1. The Morgan fingerprint density at radius 1 is 1.08 bits per heavy atom. The van der Waals surface area contributed by atoms with Crippen molar-refractivity contribution in [3.63, 3.8) is 0 Å². The van der Waals surface area contributed by atoms with Crippen molar-refractivity contribution in [2.24, 2.45) is 0 Å². The predicted molar refractivity (Wildman–Crippen MR) is 93.9 cm³/mol. The molecule has 25 heavy (non-hydrogen) atoms. The molecule has 0 N–H and O–H groups in total. The summed E-state index contributed by atoms with van der Waals surface area (Å²) in [6.45, 7) is 2.96. The third-order valence-electron chi connectivity index (χ3n) is 5.24. The predicted octanol–water partition coefficient (Wildman–Crippen LogP) is 1.74. The molecule has 2 saturated heterocycles. The van der Waals surface area contributed by atoms with Gasteiger partial charge in [0, 0.05) is 49.5 Å². The van der Waals surface area contributed by atoms with E-state index in [1.165, 1.54) is 0 Å². The van der Waals surface area contributed by atoms with E-state index in [0.29, 0.717) is 18.0 Å². The average Bonchev–Trinajstić information content (AvgIpc) is 3.25. The summed E-state index contributed by atoms with van der Waals surface area (Å²) in [7, 11) is 3.32. The number of anilines is 1. The van der Waals surface area contributed by atoms with Gasteiger partial charge in [0.05, 0.1) is 14.2 Å². The van der Waals surface area contributed by atoms with Crippen molar-refractivity contribution in [1.82, 2.24) is 19.9 Å². The lowest BCUT2D eigenvalue weighted by Crippen LogP contribution is -2.36. The molecule has 4 rings (SSSR count). The first kappa shape index (κ1) is 16.1. The summed E-state index contributed by atoms with van der Waals surface area (Å²) in [5.41, 5.74) is 1.15. The fraction of sp³-hybridized carbons (Fsp3) is 0.500. The van der Waals surface area contributed by atoms with Crippen LogP contribution in [-0.2, 0) is 6.54 Å². The number of methoxy groups -OCH3 is 2. The van der Waals surface area contributed by atoms with E-state index in [1.807, 2.05) is 12.1 Å². The summed E-state index contributed by atoms with van der Waals surface area (Å²) in [5.74, 6) is 2.30. The number of hydrogen-bond donors (Lipinski definition) is 0. The van der Waals surface area contributed by atoms with E-state index >= 15 is 0 Å². The SMILES string of the molecule is COc1cc(N2CC[C@@H]3[C@H]2CCN3Cc2cccnc2OC)ncn1. The van der Waals surface area contributed by atoms with Gasteiger partial charge < -0.3 is 14.4 Å². The second-order valence-electron chi connectivity index (χ2n) is 6.47. The minimum atomic E-state index is 0.488. The minimum absolute atomic E-state index is 0.488. The fourth-order valence-electron chi connectivity index (χ4n) is 4.10. The van der Waals surface area contributed by atoms with Crippen LogP contribution in [0.2, 0.25) is 0 Å². The molecule has 2 aromatic rings. The first-order valence-electron chi connectivity index (χ1n) is 8.64. The van der Waals surface area contributed by atoms with E-state index in [4.69, 9.17) is 9.47 Å². The van der Waals surface area contributed by atoms with E-state index in [2.05, 4.69) is 30.8 Å². The monoisotopic (exact) mass is 341 g/mol. The average molecular weight is 341 g/mol. The van der Waals surface area contributed by atoms with Crippen LogP contribution in [0.25, 0.3) is 0 Å². The Labute approximate surface area is 147 Å². The maximum atomic E-state index is 5.40. The standard InChI is InChI=1S/C18H23N5O2/c1-24-17-10-16(20-12-21-17)23-9-6-14-15(23)5-8-22(14)11-13-4-3-7-19-18(13)25-2/h3-4,7,10,12,14-15H,5-6,8-9,11H2,1-2H3/t14-,15-/m1/s1. The van der Waals surface area contributed by atoms with Crippen molar-refractivity contribution < 1.29 is 9.47 Å². The smallest absolute Gasteiger partial charge is 0.218 e. The molecule has 132 valence electrons. The van der Waals surface area contributed by atoms with E-state index in [0.717, 1.165) is 49.7 Å². The van der Waals surface area contributed by atoms with Crippen LogP contribution in [0.15, 0.2) is 30.7 Å². The third kappa shape index (κ3) is 3.00. The molecule has 2 fully saturated rings. The maximum Gasteiger partial charge on any atom is 0.218 e. The lowest BCUT2D eigenvalue weighted by atomic mass is 10.1. The highest BCUT2D eigenvalue weighted by Crippen LogP contribution is 2.36. The summed E-state index contributed by atoms with van der Waals surface area (Å²) in [4.78, 5) is 17.8. The zero-order valence-corrected chi connectivity index (χ0v) is 14.6. The summed E-state index contributed by atoms with van der Waals surface area (Å²) in [6, 6.07) is 7.02. The highest BCUT2D eigenvalue weighted by molar-refractivity contribution is 5.44. The molecule has 2 aliphatic rings. The summed E-state index contributed by atoms with van der Waals surface area (Å²) < 4.78 is 10.6. The number of pyridine rings is 1. The van der Waals surface area contributed by atoms with Crippen molar-refractivity contribution in [2.75, 3.05) is 32.2 Å². The molecule has 0 unspecified atom stereocenters. The van der Waals surface area contributed by atoms with Gasteiger partial charge in [-0.3, -0.25) is 4.90 Å². The van der Waals surface area contributed by atoms with E-state index in [9.17, 15) is 0 Å². The molecule has 0 aromatic carbocycles. The van der Waals surface area contributed by atoms with Crippen LogP contribution in [0.3, 0.4) is 0 Å². The Morgan fingerprint density at radius 2 is 1.96 bits per heavy atom. The molecule has 2 atom stereocenters. The van der Waals surface area contributed by atoms with E-state index in [-0.39, 0.29) is 0 Å². The molecule has 0 aliphatic carbocycles. The molecule has 0 radical (unpaired) electrons. The van der Waals surface area contributed by atoms with E-state index < -0.39 is 0 Å². The summed E-state index contributed by atoms with van der Waals surface area (Å²) >= 11 is 0. The topological polar surface area (TPSA) is 63.6 Å². The van der Waals surface area contributed by atoms with Gasteiger partial charge in [0.2, 0.25) is 11.8 Å². The number of rotatable bonds is 5. The third-order valence-corrected chi connectivity index (χ3v) is 5.24. The molecule has 2 aliphatic heterocycles. The van der Waals surface area contributed by atoms with Crippen molar-refractivity contribution >= 4 is 5.82 Å². The highest BCUT2D eigenvalue weighted by Gasteiger charge is 2.43. The number of ether oxygens (including phenoxy) is 2. The minimum Gasteiger partial charge on any atom is -0.481 e. The Bertz CT molecular complexity index is 741. The number of hydrogen-bond acceptors (Lipinski definition) is 7. The van der Waals surface area contributed by atoms with Crippen LogP contribution in [0.5, 0.6) is 11.8 Å². The zero-order valence-electron chi connectivity index (χ0n) is 14.6. The maximum absolute atomic E-state index is 5.40. The van der Waals surface area contributed by atoms with E-state index in [1.54, 1.807) is 26.7 Å². The number of likely N-dealkylation sites (tertiary alicyclic amines) is 1. The molecule has 7 heteroatoms. The molecule has 0 spiro atoms. The van der Waals surface area contributed by atoms with Crippen molar-refractivity contribution in [3.05, 3.63) is 36.3 Å². The van der Waals surface area contributed by atoms with Gasteiger partial charge in [0.15, 0.2) is 0 Å². The van der Waals surface area contributed by atoms with Gasteiger partial charge in [-0.2, -0.15) is 0 Å². The summed E-state index contributed by atoms with van der Waals surface area (Å²) in [5, 5.41) is 0. The Morgan fingerprint density at radius 3 is 2.80 bits per heavy atom.